The first-order chi connectivity index (χ1) is 10.2. The molecule has 1 aromatic heterocycles. The molecule has 6 heteroatoms. The Kier molecular flexibility index (Phi) is 5.65. The van der Waals surface area contributed by atoms with Crippen LogP contribution in [0, 0.1) is 0 Å². The smallest absolute Gasteiger partial charge is 0.139 e. The highest BCUT2D eigenvalue weighted by molar-refractivity contribution is 6.36. The second-order valence-corrected chi connectivity index (χ2v) is 5.42. The van der Waals surface area contributed by atoms with E-state index in [0.717, 1.165) is 42.3 Å². The molecule has 0 aliphatic rings. The van der Waals surface area contributed by atoms with Gasteiger partial charge in [0.05, 0.1) is 10.7 Å². The fraction of sp³-hybridized carbons (Fsp3) is 0.333. The molecule has 2 rings (SSSR count). The van der Waals surface area contributed by atoms with Crippen LogP contribution >= 0.6 is 23.2 Å². The summed E-state index contributed by atoms with van der Waals surface area (Å²) in [6, 6.07) is 5.34. The summed E-state index contributed by atoms with van der Waals surface area (Å²) in [5.41, 5.74) is 1.84. The Morgan fingerprint density at radius 1 is 1.10 bits per heavy atom. The van der Waals surface area contributed by atoms with Crippen LogP contribution in [0.25, 0.3) is 0 Å². The summed E-state index contributed by atoms with van der Waals surface area (Å²) in [6.07, 6.45) is 3.44. The first kappa shape index (κ1) is 15.9. The Hall–Kier alpha value is -1.52. The van der Waals surface area contributed by atoms with Gasteiger partial charge in [-0.2, -0.15) is 0 Å². The highest BCUT2D eigenvalue weighted by atomic mass is 35.5. The minimum Gasteiger partial charge on any atom is -0.370 e. The number of hydrogen-bond donors (Lipinski definition) is 2. The molecule has 0 unspecified atom stereocenters. The van der Waals surface area contributed by atoms with Gasteiger partial charge in [0.15, 0.2) is 0 Å². The van der Waals surface area contributed by atoms with Gasteiger partial charge in [-0.1, -0.05) is 36.5 Å². The van der Waals surface area contributed by atoms with E-state index in [0.29, 0.717) is 10.0 Å². The van der Waals surface area contributed by atoms with Crippen LogP contribution in [0.15, 0.2) is 24.5 Å². The third-order valence-corrected chi connectivity index (χ3v) is 3.52. The van der Waals surface area contributed by atoms with Crippen molar-refractivity contribution in [1.82, 2.24) is 9.97 Å². The zero-order chi connectivity index (χ0) is 15.2. The van der Waals surface area contributed by atoms with Crippen LogP contribution < -0.4 is 10.6 Å². The molecule has 1 heterocycles. The fourth-order valence-corrected chi connectivity index (χ4v) is 2.50. The maximum absolute atomic E-state index is 6.20. The minimum atomic E-state index is 0.563. The molecular formula is C15H18Cl2N4. The molecular weight excluding hydrogens is 307 g/mol. The van der Waals surface area contributed by atoms with Crippen LogP contribution in [-0.4, -0.2) is 16.5 Å². The molecule has 112 valence electrons. The van der Waals surface area contributed by atoms with Crippen molar-refractivity contribution >= 4 is 40.5 Å². The van der Waals surface area contributed by atoms with Crippen molar-refractivity contribution in [3.63, 3.8) is 0 Å². The Morgan fingerprint density at radius 3 is 2.52 bits per heavy atom. The number of anilines is 3. The van der Waals surface area contributed by atoms with Crippen molar-refractivity contribution in [2.75, 3.05) is 17.2 Å². The molecule has 0 aliphatic heterocycles. The van der Waals surface area contributed by atoms with E-state index in [-0.39, 0.29) is 0 Å². The van der Waals surface area contributed by atoms with E-state index in [4.69, 9.17) is 23.2 Å². The van der Waals surface area contributed by atoms with E-state index >= 15 is 0 Å². The lowest BCUT2D eigenvalue weighted by atomic mass is 10.1. The number of benzene rings is 1. The molecule has 2 N–H and O–H groups in total. The molecule has 0 aliphatic carbocycles. The Bertz CT molecular complexity index is 617. The normalized spacial score (nSPS) is 10.5. The van der Waals surface area contributed by atoms with Crippen molar-refractivity contribution in [2.45, 2.75) is 26.7 Å². The standard InChI is InChI=1S/C15H18Cl2N4/c1-3-5-11-14(18-4-2)19-9-20-15(11)21-13-7-6-10(16)8-12(13)17/h6-9H,3-5H2,1-2H3,(H2,18,19,20,21). The minimum absolute atomic E-state index is 0.563. The van der Waals surface area contributed by atoms with Gasteiger partial charge in [-0.25, -0.2) is 9.97 Å². The summed E-state index contributed by atoms with van der Waals surface area (Å²) >= 11 is 12.1. The topological polar surface area (TPSA) is 49.8 Å². The number of nitrogens with one attached hydrogen (secondary N) is 2. The molecule has 0 saturated carbocycles. The fourth-order valence-electron chi connectivity index (χ4n) is 2.05. The molecule has 0 bridgehead atoms. The molecule has 1 aromatic carbocycles. The average Bonchev–Trinajstić information content (AvgIpc) is 2.45. The lowest BCUT2D eigenvalue weighted by Crippen LogP contribution is -2.08. The highest BCUT2D eigenvalue weighted by Crippen LogP contribution is 2.30. The zero-order valence-corrected chi connectivity index (χ0v) is 13.6. The summed E-state index contributed by atoms with van der Waals surface area (Å²) in [7, 11) is 0. The van der Waals surface area contributed by atoms with Gasteiger partial charge in [-0.05, 0) is 31.5 Å². The summed E-state index contributed by atoms with van der Waals surface area (Å²) in [4.78, 5) is 8.65. The van der Waals surface area contributed by atoms with Crippen LogP contribution in [0.3, 0.4) is 0 Å². The number of halogens is 2. The second-order valence-electron chi connectivity index (χ2n) is 4.58. The van der Waals surface area contributed by atoms with Crippen molar-refractivity contribution < 1.29 is 0 Å². The van der Waals surface area contributed by atoms with Crippen molar-refractivity contribution in [1.29, 1.82) is 0 Å². The van der Waals surface area contributed by atoms with Gasteiger partial charge < -0.3 is 10.6 Å². The average molecular weight is 325 g/mol. The molecule has 0 amide bonds. The van der Waals surface area contributed by atoms with Gasteiger partial charge in [0, 0.05) is 17.1 Å². The van der Waals surface area contributed by atoms with Crippen molar-refractivity contribution in [3.05, 3.63) is 40.1 Å². The molecule has 2 aromatic rings. The van der Waals surface area contributed by atoms with Crippen LogP contribution in [0.5, 0.6) is 0 Å². The van der Waals surface area contributed by atoms with Gasteiger partial charge in [0.25, 0.3) is 0 Å². The first-order valence-electron chi connectivity index (χ1n) is 6.95. The van der Waals surface area contributed by atoms with Crippen LogP contribution in [0.2, 0.25) is 10.0 Å². The van der Waals surface area contributed by atoms with Gasteiger partial charge >= 0.3 is 0 Å². The zero-order valence-electron chi connectivity index (χ0n) is 12.1. The number of hydrogen-bond acceptors (Lipinski definition) is 4. The molecule has 0 radical (unpaired) electrons. The summed E-state index contributed by atoms with van der Waals surface area (Å²) in [5.74, 6) is 1.63. The predicted molar refractivity (Wildman–Crippen MR) is 89.9 cm³/mol. The van der Waals surface area contributed by atoms with Gasteiger partial charge in [-0.15, -0.1) is 0 Å². The third kappa shape index (κ3) is 3.99. The van der Waals surface area contributed by atoms with Crippen LogP contribution in [-0.2, 0) is 6.42 Å². The summed E-state index contributed by atoms with van der Waals surface area (Å²) in [6.45, 7) is 4.98. The number of aromatic nitrogens is 2. The maximum atomic E-state index is 6.20. The van der Waals surface area contributed by atoms with E-state index in [9.17, 15) is 0 Å². The van der Waals surface area contributed by atoms with Crippen molar-refractivity contribution in [3.8, 4) is 0 Å². The van der Waals surface area contributed by atoms with Crippen molar-refractivity contribution in [2.24, 2.45) is 0 Å². The summed E-state index contributed by atoms with van der Waals surface area (Å²) in [5, 5.41) is 7.71. The maximum Gasteiger partial charge on any atom is 0.139 e. The molecule has 4 nitrogen and oxygen atoms in total. The van der Waals surface area contributed by atoms with Gasteiger partial charge in [-0.3, -0.25) is 0 Å². The van der Waals surface area contributed by atoms with E-state index in [1.165, 1.54) is 0 Å². The predicted octanol–water partition coefficient (Wildman–Crippen LogP) is 4.91. The molecule has 0 spiro atoms. The number of rotatable bonds is 6. The van der Waals surface area contributed by atoms with Gasteiger partial charge in [0.2, 0.25) is 0 Å². The third-order valence-electron chi connectivity index (χ3n) is 2.97. The monoisotopic (exact) mass is 324 g/mol. The Morgan fingerprint density at radius 2 is 1.86 bits per heavy atom. The van der Waals surface area contributed by atoms with E-state index in [1.54, 1.807) is 18.5 Å². The molecule has 21 heavy (non-hydrogen) atoms. The van der Waals surface area contributed by atoms with E-state index in [2.05, 4.69) is 27.5 Å². The molecule has 0 fully saturated rings. The van der Waals surface area contributed by atoms with E-state index in [1.807, 2.05) is 13.0 Å². The van der Waals surface area contributed by atoms with Crippen LogP contribution in [0.4, 0.5) is 17.3 Å². The summed E-state index contributed by atoms with van der Waals surface area (Å²) < 4.78 is 0. The highest BCUT2D eigenvalue weighted by Gasteiger charge is 2.12. The lowest BCUT2D eigenvalue weighted by molar-refractivity contribution is 0.902. The second kappa shape index (κ2) is 7.48. The van der Waals surface area contributed by atoms with Gasteiger partial charge in [0.1, 0.15) is 18.0 Å². The van der Waals surface area contributed by atoms with Crippen LogP contribution in [0.1, 0.15) is 25.8 Å². The molecule has 0 saturated heterocycles. The number of nitrogens with zero attached hydrogens (tertiary/aromatic N) is 2. The van der Waals surface area contributed by atoms with E-state index < -0.39 is 0 Å². The quantitative estimate of drug-likeness (QED) is 0.792. The Balaban J connectivity index is 2.36. The lowest BCUT2D eigenvalue weighted by Gasteiger charge is -2.15. The SMILES string of the molecule is CCCc1c(NCC)ncnc1Nc1ccc(Cl)cc1Cl. The molecule has 0 atom stereocenters. The largest absolute Gasteiger partial charge is 0.370 e. The first-order valence-corrected chi connectivity index (χ1v) is 7.71. The Labute approximate surface area is 134 Å².